The largest absolute Gasteiger partial charge is 0.387 e. The molecule has 1 aromatic carbocycles. The third kappa shape index (κ3) is 3.09. The molecule has 1 N–H and O–H groups in total. The molecule has 1 amide bonds. The van der Waals surface area contributed by atoms with Gasteiger partial charge < -0.3 is 10.0 Å². The summed E-state index contributed by atoms with van der Waals surface area (Å²) in [4.78, 5) is 15.4. The summed E-state index contributed by atoms with van der Waals surface area (Å²) in [5.41, 5.74) is 2.66. The molecule has 0 radical (unpaired) electrons. The molecule has 0 unspecified atom stereocenters. The number of aliphatic hydroxyl groups excluding tert-OH is 1. The molecule has 0 aliphatic carbocycles. The van der Waals surface area contributed by atoms with Crippen LogP contribution in [0, 0.1) is 6.92 Å². The van der Waals surface area contributed by atoms with Gasteiger partial charge in [-0.2, -0.15) is 0 Å². The zero-order valence-corrected chi connectivity index (χ0v) is 10.8. The number of hydrogen-bond acceptors (Lipinski definition) is 3. The molecule has 1 saturated heterocycles. The molecule has 1 aromatic rings. The molecular formula is C14H20N2O2. The van der Waals surface area contributed by atoms with Crippen LogP contribution < -0.4 is 0 Å². The zero-order valence-electron chi connectivity index (χ0n) is 10.8. The summed E-state index contributed by atoms with van der Waals surface area (Å²) >= 11 is 0. The van der Waals surface area contributed by atoms with E-state index in [2.05, 4.69) is 36.1 Å². The van der Waals surface area contributed by atoms with Gasteiger partial charge in [-0.1, -0.05) is 24.3 Å². The molecule has 1 aliphatic heterocycles. The Morgan fingerprint density at radius 2 is 1.89 bits per heavy atom. The normalized spacial score (nSPS) is 16.9. The van der Waals surface area contributed by atoms with Crippen LogP contribution in [-0.4, -0.2) is 53.6 Å². The first-order chi connectivity index (χ1) is 8.70. The summed E-state index contributed by atoms with van der Waals surface area (Å²) in [6, 6.07) is 8.39. The number of amides is 1. The third-order valence-corrected chi connectivity index (χ3v) is 3.52. The maximum atomic E-state index is 11.3. The van der Waals surface area contributed by atoms with Gasteiger partial charge in [0.25, 0.3) is 0 Å². The fourth-order valence-corrected chi connectivity index (χ4v) is 2.28. The fourth-order valence-electron chi connectivity index (χ4n) is 2.28. The number of carbonyl (C=O) groups excluding carboxylic acids is 1. The Morgan fingerprint density at radius 1 is 1.22 bits per heavy atom. The number of nitrogens with zero attached hydrogens (tertiary/aromatic N) is 2. The van der Waals surface area contributed by atoms with Gasteiger partial charge in [0.1, 0.15) is 6.61 Å². The third-order valence-electron chi connectivity index (χ3n) is 3.52. The molecular weight excluding hydrogens is 228 g/mol. The number of aliphatic hydroxyl groups is 1. The lowest BCUT2D eigenvalue weighted by molar-refractivity contribution is -0.135. The lowest BCUT2D eigenvalue weighted by atomic mass is 10.1. The number of hydrogen-bond donors (Lipinski definition) is 1. The fraction of sp³-hybridized carbons (Fsp3) is 0.500. The minimum absolute atomic E-state index is 0.162. The highest BCUT2D eigenvalue weighted by molar-refractivity contribution is 5.77. The Bertz CT molecular complexity index is 412. The maximum Gasteiger partial charge on any atom is 0.248 e. The topological polar surface area (TPSA) is 43.8 Å². The summed E-state index contributed by atoms with van der Waals surface area (Å²) in [7, 11) is 0. The first-order valence-electron chi connectivity index (χ1n) is 6.36. The van der Waals surface area contributed by atoms with Crippen molar-refractivity contribution in [2.75, 3.05) is 32.8 Å². The van der Waals surface area contributed by atoms with Crippen LogP contribution >= 0.6 is 0 Å². The van der Waals surface area contributed by atoms with E-state index in [4.69, 9.17) is 5.11 Å². The van der Waals surface area contributed by atoms with Gasteiger partial charge in [-0.25, -0.2) is 0 Å². The first-order valence-corrected chi connectivity index (χ1v) is 6.36. The molecule has 18 heavy (non-hydrogen) atoms. The number of rotatable bonds is 3. The molecule has 1 fully saturated rings. The van der Waals surface area contributed by atoms with Gasteiger partial charge in [-0.3, -0.25) is 9.69 Å². The van der Waals surface area contributed by atoms with Gasteiger partial charge in [0.2, 0.25) is 5.91 Å². The van der Waals surface area contributed by atoms with Gasteiger partial charge in [0, 0.05) is 32.7 Å². The Balaban J connectivity index is 1.87. The van der Waals surface area contributed by atoms with E-state index in [1.807, 2.05) is 0 Å². The van der Waals surface area contributed by atoms with E-state index in [-0.39, 0.29) is 12.5 Å². The number of aryl methyl sites for hydroxylation is 1. The van der Waals surface area contributed by atoms with E-state index in [1.54, 1.807) is 4.90 Å². The highest BCUT2D eigenvalue weighted by Gasteiger charge is 2.20. The van der Waals surface area contributed by atoms with E-state index in [0.29, 0.717) is 13.1 Å². The quantitative estimate of drug-likeness (QED) is 0.853. The summed E-state index contributed by atoms with van der Waals surface area (Å²) < 4.78 is 0. The number of carbonyl (C=O) groups is 1. The summed E-state index contributed by atoms with van der Waals surface area (Å²) in [6.07, 6.45) is 0. The van der Waals surface area contributed by atoms with Crippen molar-refractivity contribution in [3.63, 3.8) is 0 Å². The van der Waals surface area contributed by atoms with E-state index in [1.165, 1.54) is 11.1 Å². The van der Waals surface area contributed by atoms with Crippen LogP contribution in [0.15, 0.2) is 24.3 Å². The summed E-state index contributed by atoms with van der Waals surface area (Å²) in [5.74, 6) is -0.162. The highest BCUT2D eigenvalue weighted by atomic mass is 16.3. The zero-order chi connectivity index (χ0) is 13.0. The predicted molar refractivity (Wildman–Crippen MR) is 70.1 cm³/mol. The van der Waals surface area contributed by atoms with Gasteiger partial charge in [-0.15, -0.1) is 0 Å². The average molecular weight is 248 g/mol. The Kier molecular flexibility index (Phi) is 4.33. The maximum absolute atomic E-state index is 11.3. The van der Waals surface area contributed by atoms with Crippen LogP contribution in [-0.2, 0) is 11.3 Å². The van der Waals surface area contributed by atoms with Crippen molar-refractivity contribution in [1.82, 2.24) is 9.80 Å². The molecule has 1 heterocycles. The van der Waals surface area contributed by atoms with Gasteiger partial charge in [0.05, 0.1) is 0 Å². The molecule has 0 atom stereocenters. The Hall–Kier alpha value is -1.39. The van der Waals surface area contributed by atoms with Crippen molar-refractivity contribution in [2.24, 2.45) is 0 Å². The van der Waals surface area contributed by atoms with Crippen molar-refractivity contribution in [3.05, 3.63) is 35.4 Å². The monoisotopic (exact) mass is 248 g/mol. The Labute approximate surface area is 108 Å². The molecule has 0 bridgehead atoms. The van der Waals surface area contributed by atoms with Crippen LogP contribution in [0.3, 0.4) is 0 Å². The molecule has 0 aromatic heterocycles. The SMILES string of the molecule is Cc1ccccc1CN1CCN(C(=O)CO)CC1. The van der Waals surface area contributed by atoms with E-state index >= 15 is 0 Å². The average Bonchev–Trinajstić information content (AvgIpc) is 2.41. The van der Waals surface area contributed by atoms with E-state index < -0.39 is 0 Å². The lowest BCUT2D eigenvalue weighted by Gasteiger charge is -2.34. The summed E-state index contributed by atoms with van der Waals surface area (Å²) in [5, 5.41) is 8.82. The van der Waals surface area contributed by atoms with Crippen molar-refractivity contribution >= 4 is 5.91 Å². The standard InChI is InChI=1S/C14H20N2O2/c1-12-4-2-3-5-13(12)10-15-6-8-16(9-7-15)14(18)11-17/h2-5,17H,6-11H2,1H3. The first kappa shape index (κ1) is 13.1. The van der Waals surface area contributed by atoms with E-state index in [0.717, 1.165) is 19.6 Å². The molecule has 0 spiro atoms. The molecule has 1 aliphatic rings. The van der Waals surface area contributed by atoms with Crippen LogP contribution in [0.5, 0.6) is 0 Å². The summed E-state index contributed by atoms with van der Waals surface area (Å²) in [6.45, 7) is 5.86. The van der Waals surface area contributed by atoms with Crippen molar-refractivity contribution in [3.8, 4) is 0 Å². The van der Waals surface area contributed by atoms with Crippen molar-refractivity contribution in [1.29, 1.82) is 0 Å². The minimum atomic E-state index is -0.377. The molecule has 4 heteroatoms. The molecule has 2 rings (SSSR count). The van der Waals surface area contributed by atoms with Gasteiger partial charge in [0.15, 0.2) is 0 Å². The van der Waals surface area contributed by atoms with Crippen molar-refractivity contribution < 1.29 is 9.90 Å². The van der Waals surface area contributed by atoms with Crippen LogP contribution in [0.25, 0.3) is 0 Å². The second-order valence-corrected chi connectivity index (χ2v) is 4.74. The second-order valence-electron chi connectivity index (χ2n) is 4.74. The van der Waals surface area contributed by atoms with Crippen LogP contribution in [0.4, 0.5) is 0 Å². The van der Waals surface area contributed by atoms with Gasteiger partial charge >= 0.3 is 0 Å². The number of piperazine rings is 1. The second kappa shape index (κ2) is 5.98. The van der Waals surface area contributed by atoms with Gasteiger partial charge in [-0.05, 0) is 18.1 Å². The molecule has 98 valence electrons. The van der Waals surface area contributed by atoms with Crippen LogP contribution in [0.1, 0.15) is 11.1 Å². The predicted octanol–water partition coefficient (Wildman–Crippen LogP) is 0.632. The smallest absolute Gasteiger partial charge is 0.248 e. The molecule has 0 saturated carbocycles. The van der Waals surface area contributed by atoms with Crippen molar-refractivity contribution in [2.45, 2.75) is 13.5 Å². The highest BCUT2D eigenvalue weighted by Crippen LogP contribution is 2.12. The number of benzene rings is 1. The minimum Gasteiger partial charge on any atom is -0.387 e. The van der Waals surface area contributed by atoms with Crippen LogP contribution in [0.2, 0.25) is 0 Å². The Morgan fingerprint density at radius 3 is 2.50 bits per heavy atom. The van der Waals surface area contributed by atoms with E-state index in [9.17, 15) is 4.79 Å². The molecule has 4 nitrogen and oxygen atoms in total. The lowest BCUT2D eigenvalue weighted by Crippen LogP contribution is -2.49.